The molecule has 2 unspecified atom stereocenters. The molecule has 9 N–H and O–H groups in total. The lowest BCUT2D eigenvalue weighted by Gasteiger charge is -2.21. The van der Waals surface area contributed by atoms with E-state index < -0.39 is 6.10 Å². The number of pyridine rings is 2. The molecule has 2 atom stereocenters. The third-order valence-electron chi connectivity index (χ3n) is 11.5. The summed E-state index contributed by atoms with van der Waals surface area (Å²) in [7, 11) is 1.93. The molecule has 81 heavy (non-hydrogen) atoms. The number of nitrogens with zero attached hydrogens (tertiary/aromatic N) is 3. The van der Waals surface area contributed by atoms with Crippen molar-refractivity contribution < 1.29 is 57.4 Å². The number of unbranched alkanes of at least 4 members (excludes halogenated alkanes) is 3. The fourth-order valence-corrected chi connectivity index (χ4v) is 7.82. The summed E-state index contributed by atoms with van der Waals surface area (Å²) in [5, 5.41) is 21.0. The van der Waals surface area contributed by atoms with Gasteiger partial charge in [-0.05, 0) is 126 Å². The van der Waals surface area contributed by atoms with Crippen LogP contribution in [0.15, 0.2) is 59.4 Å². The highest BCUT2D eigenvalue weighted by molar-refractivity contribution is 5.94. The maximum absolute atomic E-state index is 14.6. The molecule has 2 aliphatic rings. The van der Waals surface area contributed by atoms with Gasteiger partial charge in [0.05, 0.1) is 36.5 Å². The monoisotopic (exact) mass is 1130 g/mol. The first kappa shape index (κ1) is 75.4. The Labute approximate surface area is 476 Å². The Balaban J connectivity index is 0. The van der Waals surface area contributed by atoms with Crippen LogP contribution in [-0.4, -0.2) is 128 Å². The summed E-state index contributed by atoms with van der Waals surface area (Å²) >= 11 is 0. The highest BCUT2D eigenvalue weighted by Crippen LogP contribution is 2.41. The van der Waals surface area contributed by atoms with Gasteiger partial charge >= 0.3 is 0 Å². The molecule has 2 aromatic carbocycles. The van der Waals surface area contributed by atoms with Gasteiger partial charge in [0, 0.05) is 48.2 Å². The highest BCUT2D eigenvalue weighted by Gasteiger charge is 2.31. The van der Waals surface area contributed by atoms with E-state index >= 15 is 0 Å². The van der Waals surface area contributed by atoms with Crippen molar-refractivity contribution in [1.82, 2.24) is 35.7 Å². The topological polar surface area (TPSA) is 321 Å². The van der Waals surface area contributed by atoms with Crippen LogP contribution in [0.25, 0.3) is 22.3 Å². The number of aromatic nitrogens is 2. The van der Waals surface area contributed by atoms with E-state index in [9.17, 15) is 52.6 Å². The predicted molar refractivity (Wildman–Crippen MR) is 313 cm³/mol. The van der Waals surface area contributed by atoms with Gasteiger partial charge in [-0.15, -0.1) is 0 Å². The van der Waals surface area contributed by atoms with Crippen LogP contribution >= 0.6 is 0 Å². The normalized spacial score (nSPS) is 11.4. The number of fused-ring (bicyclic) bond motifs is 4. The van der Waals surface area contributed by atoms with Crippen LogP contribution in [0.2, 0.25) is 0 Å². The molecule has 0 radical (unpaired) electrons. The van der Waals surface area contributed by atoms with E-state index in [-0.39, 0.29) is 55.5 Å². The first-order chi connectivity index (χ1) is 39.1. The Morgan fingerprint density at radius 3 is 2.10 bits per heavy atom. The molecule has 21 nitrogen and oxygen atoms in total. The number of carbonyl (C=O) groups is 9. The fourth-order valence-electron chi connectivity index (χ4n) is 7.82. The fraction of sp³-hybridized carbons (Fsp3) is 0.475. The number of primary amides is 1. The molecule has 1 aliphatic heterocycles. The second kappa shape index (κ2) is 47.2. The number of rotatable bonds is 24. The standard InChI is InChI=1S/C24H23FN2O3.C11H17NO3.C9H13N.C6H12N2O3.C3H5NO2.C3H9N.C2H6.CH3NO/c1-3-5-15-16(21(29)11-28)8-20-23-17(10-27(20)24(15)30)14-7-4-6-13-12(2)18(25)9-19(26-23)22(13)14;1-2-7-11(15)12(10-14)8-5-3-4-6-9-13;1-8(10)7-9-5-3-2-4-6-9;1-2-11-5-8-6(10)3-7-4-9;5-2-1-4-3-6;1-3-4-2;1-2;2-1-3/h8-9,11,21,29H,3-7,10H2,1-2H3;2,7,9-10H,3-6,8H2,1H3;2-6,8H,7,10H2,1H3;4H,2-3,5H2,1H3,(H,7,9)(H,8,10);2-3H,1H2,(H,4,6);4H,3H2,1-2H3;1-2H3;1H,(H2,2,3)/b;7-2-;;;;;;. The highest BCUT2D eigenvalue weighted by atomic mass is 19.1. The zero-order valence-corrected chi connectivity index (χ0v) is 48.7. The van der Waals surface area contributed by atoms with Crippen molar-refractivity contribution in [1.29, 1.82) is 0 Å². The summed E-state index contributed by atoms with van der Waals surface area (Å²) in [6.07, 6.45) is 13.1. The largest absolute Gasteiger partial charge is 0.381 e. The van der Waals surface area contributed by atoms with Crippen LogP contribution in [0.1, 0.15) is 132 Å². The number of imide groups is 1. The van der Waals surface area contributed by atoms with Crippen molar-refractivity contribution in [3.05, 3.63) is 110 Å². The van der Waals surface area contributed by atoms with Crippen molar-refractivity contribution in [2.75, 3.05) is 46.6 Å². The smallest absolute Gasteiger partial charge is 0.254 e. The number of amides is 6. The number of halogens is 1. The minimum atomic E-state index is -1.35. The molecule has 2 aromatic heterocycles. The Bertz CT molecular complexity index is 2590. The molecule has 3 heterocycles. The van der Waals surface area contributed by atoms with E-state index in [1.165, 1.54) is 17.7 Å². The number of nitrogens with one attached hydrogen (secondary N) is 4. The quantitative estimate of drug-likeness (QED) is 0.0193. The van der Waals surface area contributed by atoms with Crippen molar-refractivity contribution >= 4 is 67.2 Å². The van der Waals surface area contributed by atoms with Gasteiger partial charge in [-0.2, -0.15) is 0 Å². The second-order valence-corrected chi connectivity index (χ2v) is 17.4. The van der Waals surface area contributed by atoms with Crippen LogP contribution in [0, 0.1) is 12.7 Å². The van der Waals surface area contributed by atoms with Crippen LogP contribution < -0.4 is 38.3 Å². The Morgan fingerprint density at radius 1 is 0.938 bits per heavy atom. The maximum atomic E-state index is 14.6. The molecule has 448 valence electrons. The van der Waals surface area contributed by atoms with E-state index in [0.29, 0.717) is 97.9 Å². The van der Waals surface area contributed by atoms with E-state index in [1.54, 1.807) is 23.6 Å². The summed E-state index contributed by atoms with van der Waals surface area (Å²) in [6.45, 7) is 18.2. The summed E-state index contributed by atoms with van der Waals surface area (Å²) < 4.78 is 21.1. The Kier molecular flexibility index (Phi) is 43.9. The van der Waals surface area contributed by atoms with Gasteiger partial charge in [0.15, 0.2) is 6.29 Å². The lowest BCUT2D eigenvalue weighted by Crippen LogP contribution is -2.34. The Morgan fingerprint density at radius 2 is 1.58 bits per heavy atom. The van der Waals surface area contributed by atoms with Crippen LogP contribution in [-0.2, 0) is 80.1 Å². The van der Waals surface area contributed by atoms with Gasteiger partial charge in [0.2, 0.25) is 31.5 Å². The van der Waals surface area contributed by atoms with Crippen LogP contribution in [0.5, 0.6) is 0 Å². The summed E-state index contributed by atoms with van der Waals surface area (Å²) in [5.74, 6) is -0.808. The molecule has 0 bridgehead atoms. The summed E-state index contributed by atoms with van der Waals surface area (Å²) in [5.41, 5.74) is 17.5. The summed E-state index contributed by atoms with van der Waals surface area (Å²) in [4.78, 5) is 110. The molecular weight excluding hydrogens is 1050 g/mol. The molecule has 0 saturated carbocycles. The zero-order valence-electron chi connectivity index (χ0n) is 48.7. The maximum Gasteiger partial charge on any atom is 0.254 e. The number of allylic oxidation sites excluding steroid dienone is 1. The lowest BCUT2D eigenvalue weighted by molar-refractivity contribution is -0.134. The number of aldehydes is 3. The molecule has 0 spiro atoms. The first-order valence-corrected chi connectivity index (χ1v) is 27.1. The SMILES string of the molecule is C/C=C\C(=O)N(C=O)CCCCCC=O.CC.CC(N)Cc1ccccc1.CCCc1c(C(O)C=O)cc2n(c1=O)Cc1c-2nc2cc(F)c(C)c3c2c1CCC3.CCNC.CCOCNC(=O)CNC=O.NC=O.O=CCNC=O. The zero-order chi connectivity index (χ0) is 61.5. The van der Waals surface area contributed by atoms with Gasteiger partial charge in [0.25, 0.3) is 11.5 Å². The molecule has 0 fully saturated rings. The number of hydrogen-bond acceptors (Lipinski definition) is 15. The van der Waals surface area contributed by atoms with Crippen molar-refractivity contribution in [2.45, 2.75) is 138 Å². The molecule has 1 aliphatic carbocycles. The number of nitrogens with two attached hydrogens (primary N) is 2. The number of aliphatic hydroxyl groups is 1. The van der Waals surface area contributed by atoms with E-state index in [0.717, 1.165) is 91.2 Å². The van der Waals surface area contributed by atoms with Gasteiger partial charge in [-0.25, -0.2) is 9.37 Å². The number of aliphatic hydroxyl groups excluding tert-OH is 1. The van der Waals surface area contributed by atoms with E-state index in [4.69, 9.17) is 20.2 Å². The van der Waals surface area contributed by atoms with Gasteiger partial charge in [0.1, 0.15) is 31.2 Å². The molecule has 22 heteroatoms. The first-order valence-electron chi connectivity index (χ1n) is 27.1. The molecule has 4 aromatic rings. The van der Waals surface area contributed by atoms with Crippen molar-refractivity contribution in [2.24, 2.45) is 11.5 Å². The molecule has 0 saturated heterocycles. The number of ether oxygens (including phenoxy) is 1. The molecule has 6 amide bonds. The number of carbonyl (C=O) groups excluding carboxylic acids is 9. The minimum absolute atomic E-state index is 0.00340. The second-order valence-electron chi connectivity index (χ2n) is 17.4. The summed E-state index contributed by atoms with van der Waals surface area (Å²) in [6, 6.07) is 13.8. The number of benzene rings is 2. The van der Waals surface area contributed by atoms with Gasteiger partial charge < -0.3 is 61.5 Å². The minimum Gasteiger partial charge on any atom is -0.381 e. The van der Waals surface area contributed by atoms with Crippen molar-refractivity contribution in [3.63, 3.8) is 0 Å². The Hall–Kier alpha value is -7.66. The molecule has 6 rings (SSSR count). The average Bonchev–Trinajstić information content (AvgIpc) is 3.87. The van der Waals surface area contributed by atoms with Crippen LogP contribution in [0.3, 0.4) is 0 Å². The van der Waals surface area contributed by atoms with Crippen LogP contribution in [0.4, 0.5) is 4.39 Å². The third-order valence-corrected chi connectivity index (χ3v) is 11.5. The van der Waals surface area contributed by atoms with Gasteiger partial charge in [-0.3, -0.25) is 38.5 Å². The molecular formula is C59H88FN9O12. The predicted octanol–water partition coefficient (Wildman–Crippen LogP) is 4.56. The van der Waals surface area contributed by atoms with Crippen molar-refractivity contribution in [3.8, 4) is 11.4 Å². The van der Waals surface area contributed by atoms with E-state index in [2.05, 4.69) is 46.1 Å². The average molecular weight is 1130 g/mol. The number of hydrogen-bond donors (Lipinski definition) is 7. The van der Waals surface area contributed by atoms with E-state index in [1.807, 2.05) is 66.8 Å². The number of aryl methyl sites for hydroxylation is 2. The van der Waals surface area contributed by atoms with Gasteiger partial charge in [-0.1, -0.05) is 76.9 Å². The lowest BCUT2D eigenvalue weighted by atomic mass is 9.85. The third kappa shape index (κ3) is 28.4.